The molecule has 0 atom stereocenters. The number of benzene rings is 1. The zero-order valence-corrected chi connectivity index (χ0v) is 16.9. The number of amides is 2. The summed E-state index contributed by atoms with van der Waals surface area (Å²) in [4.78, 5) is 26.2. The Morgan fingerprint density at radius 3 is 2.45 bits per heavy atom. The third-order valence-electron chi connectivity index (χ3n) is 4.80. The molecule has 3 rings (SSSR count). The van der Waals surface area contributed by atoms with E-state index in [4.69, 9.17) is 0 Å². The number of hydrogen-bond donors (Lipinski definition) is 1. The number of aromatic nitrogens is 1. The fourth-order valence-corrected chi connectivity index (χ4v) is 4.70. The van der Waals surface area contributed by atoms with E-state index in [1.165, 1.54) is 16.4 Å². The van der Waals surface area contributed by atoms with Crippen molar-refractivity contribution in [2.45, 2.75) is 11.3 Å². The topological polar surface area (TPSA) is 91.7 Å². The van der Waals surface area contributed by atoms with Gasteiger partial charge in [0, 0.05) is 32.9 Å². The van der Waals surface area contributed by atoms with Crippen molar-refractivity contribution < 1.29 is 22.4 Å². The summed E-state index contributed by atoms with van der Waals surface area (Å²) in [5.41, 5.74) is 0.380. The maximum Gasteiger partial charge on any atom is 0.274 e. The number of carbonyl (C=O) groups is 2. The summed E-state index contributed by atoms with van der Waals surface area (Å²) in [5, 5.41) is 2.36. The van der Waals surface area contributed by atoms with Crippen LogP contribution in [0.2, 0.25) is 0 Å². The number of hydrogen-bond acceptors (Lipinski definition) is 5. The number of sulfonamides is 1. The van der Waals surface area contributed by atoms with Crippen molar-refractivity contribution in [2.24, 2.45) is 7.05 Å². The molecule has 2 amide bonds. The highest BCUT2D eigenvalue weighted by molar-refractivity contribution is 7.89. The molecule has 0 unspecified atom stereocenters. The van der Waals surface area contributed by atoms with Crippen LogP contribution in [0.3, 0.4) is 0 Å². The van der Waals surface area contributed by atoms with Gasteiger partial charge in [0.05, 0.1) is 11.4 Å². The van der Waals surface area contributed by atoms with Gasteiger partial charge < -0.3 is 4.57 Å². The van der Waals surface area contributed by atoms with Crippen molar-refractivity contribution >= 4 is 21.8 Å². The molecule has 1 saturated heterocycles. The number of nitrogens with zero attached hydrogens (tertiary/aromatic N) is 3. The SMILES string of the molecule is Cn1cccc1C(=O)NC(=O)CN1CCCN(S(=O)(=O)c2ccc(F)cc2)CC1. The molecular formula is C19H23FN4O4S. The maximum atomic E-state index is 13.1. The Bertz CT molecular complexity index is 988. The van der Waals surface area contributed by atoms with Crippen LogP contribution < -0.4 is 5.32 Å². The molecule has 10 heteroatoms. The molecule has 1 fully saturated rings. The van der Waals surface area contributed by atoms with Crippen molar-refractivity contribution in [1.82, 2.24) is 19.1 Å². The highest BCUT2D eigenvalue weighted by atomic mass is 32.2. The molecule has 0 bridgehead atoms. The largest absolute Gasteiger partial charge is 0.347 e. The summed E-state index contributed by atoms with van der Waals surface area (Å²) in [5.74, 6) is -1.41. The van der Waals surface area contributed by atoms with E-state index in [2.05, 4.69) is 5.32 Å². The zero-order valence-electron chi connectivity index (χ0n) is 16.0. The number of carbonyl (C=O) groups excluding carboxylic acids is 2. The van der Waals surface area contributed by atoms with Gasteiger partial charge >= 0.3 is 0 Å². The second kappa shape index (κ2) is 8.85. The van der Waals surface area contributed by atoms with Crippen molar-refractivity contribution in [1.29, 1.82) is 0 Å². The van der Waals surface area contributed by atoms with E-state index in [9.17, 15) is 22.4 Å². The minimum atomic E-state index is -3.72. The minimum absolute atomic E-state index is 0.000594. The summed E-state index contributed by atoms with van der Waals surface area (Å²) in [6.07, 6.45) is 2.25. The van der Waals surface area contributed by atoms with Crippen molar-refractivity contribution in [3.63, 3.8) is 0 Å². The lowest BCUT2D eigenvalue weighted by molar-refractivity contribution is -0.121. The molecule has 0 saturated carbocycles. The molecule has 1 aliphatic rings. The van der Waals surface area contributed by atoms with Crippen molar-refractivity contribution in [2.75, 3.05) is 32.7 Å². The molecule has 0 spiro atoms. The van der Waals surface area contributed by atoms with Crippen molar-refractivity contribution in [3.05, 3.63) is 54.1 Å². The molecular weight excluding hydrogens is 399 g/mol. The van der Waals surface area contributed by atoms with Gasteiger partial charge in [-0.1, -0.05) is 0 Å². The van der Waals surface area contributed by atoms with Crippen LogP contribution in [0.5, 0.6) is 0 Å². The first kappa shape index (κ1) is 21.2. The first-order valence-corrected chi connectivity index (χ1v) is 10.6. The molecule has 2 heterocycles. The molecule has 1 aromatic carbocycles. The fraction of sp³-hybridized carbons (Fsp3) is 0.368. The van der Waals surface area contributed by atoms with E-state index in [0.29, 0.717) is 31.7 Å². The average molecular weight is 422 g/mol. The molecule has 0 radical (unpaired) electrons. The molecule has 1 aliphatic heterocycles. The van der Waals surface area contributed by atoms with Crippen LogP contribution in [0.4, 0.5) is 4.39 Å². The lowest BCUT2D eigenvalue weighted by Gasteiger charge is -2.21. The van der Waals surface area contributed by atoms with E-state index in [-0.39, 0.29) is 18.0 Å². The molecule has 0 aliphatic carbocycles. The molecule has 2 aromatic rings. The van der Waals surface area contributed by atoms with E-state index in [0.717, 1.165) is 12.1 Å². The summed E-state index contributed by atoms with van der Waals surface area (Å²) in [6.45, 7) is 1.40. The van der Waals surface area contributed by atoms with Crippen LogP contribution in [-0.2, 0) is 21.9 Å². The summed E-state index contributed by atoms with van der Waals surface area (Å²) in [7, 11) is -2.01. The van der Waals surface area contributed by atoms with Crippen molar-refractivity contribution in [3.8, 4) is 0 Å². The Labute approximate surface area is 169 Å². The standard InChI is InChI=1S/C19H23FN4O4S/c1-22-9-2-4-17(22)19(26)21-18(25)14-23-10-3-11-24(13-12-23)29(27,28)16-7-5-15(20)6-8-16/h2,4-9H,3,10-14H2,1H3,(H,21,25,26). The normalized spacial score (nSPS) is 16.3. The van der Waals surface area contributed by atoms with Gasteiger partial charge in [-0.15, -0.1) is 0 Å². The van der Waals surface area contributed by atoms with Crippen LogP contribution in [0.15, 0.2) is 47.5 Å². The van der Waals surface area contributed by atoms with Gasteiger partial charge in [-0.25, -0.2) is 12.8 Å². The fourth-order valence-electron chi connectivity index (χ4n) is 3.23. The average Bonchev–Trinajstić information content (AvgIpc) is 2.96. The predicted octanol–water partition coefficient (Wildman–Crippen LogP) is 0.817. The van der Waals surface area contributed by atoms with Crippen LogP contribution in [0.1, 0.15) is 16.9 Å². The number of aryl methyl sites for hydroxylation is 1. The van der Waals surface area contributed by atoms with E-state index in [1.807, 2.05) is 4.90 Å². The first-order chi connectivity index (χ1) is 13.8. The van der Waals surface area contributed by atoms with Gasteiger partial charge in [-0.05, 0) is 49.4 Å². The lowest BCUT2D eigenvalue weighted by Crippen LogP contribution is -2.42. The maximum absolute atomic E-state index is 13.1. The Morgan fingerprint density at radius 1 is 1.07 bits per heavy atom. The van der Waals surface area contributed by atoms with Gasteiger partial charge in [0.1, 0.15) is 11.5 Å². The van der Waals surface area contributed by atoms with Crippen LogP contribution in [0.25, 0.3) is 0 Å². The Morgan fingerprint density at radius 2 is 1.79 bits per heavy atom. The quantitative estimate of drug-likeness (QED) is 0.770. The molecule has 1 aromatic heterocycles. The van der Waals surface area contributed by atoms with E-state index < -0.39 is 27.7 Å². The second-order valence-electron chi connectivity index (χ2n) is 6.87. The summed E-state index contributed by atoms with van der Waals surface area (Å²) >= 11 is 0. The lowest BCUT2D eigenvalue weighted by atomic mass is 10.3. The predicted molar refractivity (Wildman–Crippen MR) is 104 cm³/mol. The number of imide groups is 1. The molecule has 29 heavy (non-hydrogen) atoms. The van der Waals surface area contributed by atoms with Gasteiger partial charge in [-0.2, -0.15) is 4.31 Å². The summed E-state index contributed by atoms with van der Waals surface area (Å²) < 4.78 is 41.5. The van der Waals surface area contributed by atoms with E-state index >= 15 is 0 Å². The zero-order chi connectivity index (χ0) is 21.0. The number of nitrogens with one attached hydrogen (secondary N) is 1. The van der Waals surface area contributed by atoms with Gasteiger partial charge in [0.2, 0.25) is 15.9 Å². The number of halogens is 1. The second-order valence-corrected chi connectivity index (χ2v) is 8.81. The Balaban J connectivity index is 1.57. The highest BCUT2D eigenvalue weighted by Crippen LogP contribution is 2.18. The Hall–Kier alpha value is -2.56. The molecule has 8 nitrogen and oxygen atoms in total. The molecule has 156 valence electrons. The minimum Gasteiger partial charge on any atom is -0.347 e. The highest BCUT2D eigenvalue weighted by Gasteiger charge is 2.27. The first-order valence-electron chi connectivity index (χ1n) is 9.21. The monoisotopic (exact) mass is 422 g/mol. The van der Waals surface area contributed by atoms with Crippen LogP contribution in [0, 0.1) is 5.82 Å². The van der Waals surface area contributed by atoms with E-state index in [1.54, 1.807) is 29.9 Å². The smallest absolute Gasteiger partial charge is 0.274 e. The Kier molecular flexibility index (Phi) is 6.46. The third kappa shape index (κ3) is 5.08. The number of rotatable bonds is 5. The van der Waals surface area contributed by atoms with Crippen LogP contribution >= 0.6 is 0 Å². The summed E-state index contributed by atoms with van der Waals surface area (Å²) in [6, 6.07) is 8.05. The van der Waals surface area contributed by atoms with Gasteiger partial charge in [0.15, 0.2) is 0 Å². The third-order valence-corrected chi connectivity index (χ3v) is 6.71. The van der Waals surface area contributed by atoms with Gasteiger partial charge in [0.25, 0.3) is 5.91 Å². The molecule has 1 N–H and O–H groups in total. The van der Waals surface area contributed by atoms with Crippen LogP contribution in [-0.4, -0.2) is 66.7 Å². The van der Waals surface area contributed by atoms with Gasteiger partial charge in [-0.3, -0.25) is 19.8 Å².